The molecule has 0 aliphatic carbocycles. The van der Waals surface area contributed by atoms with E-state index in [2.05, 4.69) is 10.3 Å². The van der Waals surface area contributed by atoms with Gasteiger partial charge in [0.25, 0.3) is 0 Å². The van der Waals surface area contributed by atoms with E-state index in [1.807, 2.05) is 5.38 Å². The summed E-state index contributed by atoms with van der Waals surface area (Å²) in [4.78, 5) is 4.10. The summed E-state index contributed by atoms with van der Waals surface area (Å²) < 4.78 is 13.3. The van der Waals surface area contributed by atoms with Crippen LogP contribution in [0.5, 0.6) is 0 Å². The topological polar surface area (TPSA) is 45.1 Å². The lowest BCUT2D eigenvalue weighted by Crippen LogP contribution is -2.21. The van der Waals surface area contributed by atoms with Crippen molar-refractivity contribution in [2.24, 2.45) is 0 Å². The number of hydrogen-bond acceptors (Lipinski definition) is 4. The van der Waals surface area contributed by atoms with Crippen LogP contribution in [0.4, 0.5) is 4.39 Å². The van der Waals surface area contributed by atoms with E-state index in [1.165, 1.54) is 17.4 Å². The highest BCUT2D eigenvalue weighted by Gasteiger charge is 2.11. The largest absolute Gasteiger partial charge is 0.387 e. The van der Waals surface area contributed by atoms with Crippen LogP contribution in [0, 0.1) is 5.82 Å². The third-order valence-corrected chi connectivity index (χ3v) is 3.03. The van der Waals surface area contributed by atoms with Crippen molar-refractivity contribution in [3.63, 3.8) is 0 Å². The summed E-state index contributed by atoms with van der Waals surface area (Å²) in [6.45, 7) is 0.882. The minimum absolute atomic E-state index is 0.304. The van der Waals surface area contributed by atoms with Crippen molar-refractivity contribution in [1.29, 1.82) is 0 Å². The summed E-state index contributed by atoms with van der Waals surface area (Å²) in [5.41, 5.74) is 3.00. The predicted octanol–water partition coefficient (Wildman–Crippen LogP) is 2.11. The number of thiazole rings is 1. The molecule has 0 aliphatic rings. The Morgan fingerprint density at radius 1 is 1.41 bits per heavy atom. The first-order valence-corrected chi connectivity index (χ1v) is 6.22. The molecule has 1 aromatic carbocycles. The quantitative estimate of drug-likeness (QED) is 0.856. The van der Waals surface area contributed by atoms with Gasteiger partial charge in [-0.1, -0.05) is 18.2 Å². The molecule has 2 rings (SSSR count). The summed E-state index contributed by atoms with van der Waals surface area (Å²) >= 11 is 1.52. The molecule has 2 aromatic rings. The van der Waals surface area contributed by atoms with Crippen molar-refractivity contribution in [3.05, 3.63) is 52.2 Å². The summed E-state index contributed by atoms with van der Waals surface area (Å²) in [7, 11) is 0. The van der Waals surface area contributed by atoms with E-state index in [0.29, 0.717) is 18.7 Å². The molecule has 1 atom stereocenters. The number of rotatable bonds is 5. The van der Waals surface area contributed by atoms with E-state index in [4.69, 9.17) is 0 Å². The van der Waals surface area contributed by atoms with Crippen LogP contribution in [-0.4, -0.2) is 16.6 Å². The minimum atomic E-state index is -0.838. The smallest absolute Gasteiger partial charge is 0.129 e. The molecule has 0 bridgehead atoms. The molecular formula is C12H13FN2OS. The number of aromatic nitrogens is 1. The lowest BCUT2D eigenvalue weighted by atomic mass is 10.1. The van der Waals surface area contributed by atoms with E-state index in [0.717, 1.165) is 5.69 Å². The van der Waals surface area contributed by atoms with Crippen LogP contribution in [0.15, 0.2) is 35.2 Å². The maximum Gasteiger partial charge on any atom is 0.129 e. The van der Waals surface area contributed by atoms with E-state index < -0.39 is 6.10 Å². The zero-order valence-corrected chi connectivity index (χ0v) is 9.95. The Morgan fingerprint density at radius 3 is 2.94 bits per heavy atom. The molecule has 0 saturated heterocycles. The molecule has 1 aromatic heterocycles. The van der Waals surface area contributed by atoms with Crippen molar-refractivity contribution in [2.45, 2.75) is 12.6 Å². The molecule has 17 heavy (non-hydrogen) atoms. The Labute approximate surface area is 103 Å². The van der Waals surface area contributed by atoms with E-state index >= 15 is 0 Å². The second-order valence-electron chi connectivity index (χ2n) is 3.65. The fourth-order valence-corrected chi connectivity index (χ4v) is 2.08. The van der Waals surface area contributed by atoms with Gasteiger partial charge in [-0.3, -0.25) is 0 Å². The first-order valence-electron chi connectivity index (χ1n) is 5.27. The summed E-state index contributed by atoms with van der Waals surface area (Å²) in [5, 5.41) is 14.8. The Balaban J connectivity index is 1.85. The molecule has 0 fully saturated rings. The molecule has 2 N–H and O–H groups in total. The highest BCUT2D eigenvalue weighted by molar-refractivity contribution is 7.07. The van der Waals surface area contributed by atoms with Gasteiger partial charge in [0.2, 0.25) is 0 Å². The Morgan fingerprint density at radius 2 is 2.24 bits per heavy atom. The van der Waals surface area contributed by atoms with Crippen molar-refractivity contribution in [1.82, 2.24) is 10.3 Å². The summed E-state index contributed by atoms with van der Waals surface area (Å²) in [6.07, 6.45) is -0.838. The molecule has 0 amide bonds. The average Bonchev–Trinajstić information content (AvgIpc) is 2.82. The monoisotopic (exact) mass is 252 g/mol. The fraction of sp³-hybridized carbons (Fsp3) is 0.250. The van der Waals surface area contributed by atoms with Crippen molar-refractivity contribution >= 4 is 11.3 Å². The Bertz CT molecular complexity index is 461. The second kappa shape index (κ2) is 5.86. The molecule has 3 nitrogen and oxygen atoms in total. The fourth-order valence-electron chi connectivity index (χ4n) is 1.52. The molecule has 1 heterocycles. The highest BCUT2D eigenvalue weighted by atomic mass is 32.1. The average molecular weight is 252 g/mol. The lowest BCUT2D eigenvalue weighted by Gasteiger charge is -2.12. The standard InChI is InChI=1S/C12H13FN2OS/c13-11-4-2-1-3-10(11)12(16)6-14-5-9-7-17-8-15-9/h1-4,7-8,12,14,16H,5-6H2. The van der Waals surface area contributed by atoms with Gasteiger partial charge in [-0.15, -0.1) is 11.3 Å². The van der Waals surface area contributed by atoms with E-state index in [1.54, 1.807) is 23.7 Å². The van der Waals surface area contributed by atoms with Gasteiger partial charge in [0.05, 0.1) is 17.3 Å². The van der Waals surface area contributed by atoms with Crippen molar-refractivity contribution in [3.8, 4) is 0 Å². The maximum absolute atomic E-state index is 13.3. The first-order chi connectivity index (χ1) is 8.27. The molecule has 5 heteroatoms. The summed E-state index contributed by atoms with van der Waals surface area (Å²) in [5.74, 6) is -0.379. The number of nitrogens with zero attached hydrogens (tertiary/aromatic N) is 1. The van der Waals surface area contributed by atoms with Crippen LogP contribution in [0.1, 0.15) is 17.4 Å². The maximum atomic E-state index is 13.3. The molecular weight excluding hydrogens is 239 g/mol. The molecule has 0 aliphatic heterocycles. The van der Waals surface area contributed by atoms with Gasteiger partial charge in [0, 0.05) is 24.0 Å². The van der Waals surface area contributed by atoms with Crippen LogP contribution in [-0.2, 0) is 6.54 Å². The van der Waals surface area contributed by atoms with Crippen LogP contribution >= 0.6 is 11.3 Å². The number of hydrogen-bond donors (Lipinski definition) is 2. The zero-order valence-electron chi connectivity index (χ0n) is 9.14. The van der Waals surface area contributed by atoms with Gasteiger partial charge in [-0.2, -0.15) is 0 Å². The van der Waals surface area contributed by atoms with Gasteiger partial charge < -0.3 is 10.4 Å². The van der Waals surface area contributed by atoms with Gasteiger partial charge >= 0.3 is 0 Å². The SMILES string of the molecule is OC(CNCc1cscn1)c1ccccc1F. The Hall–Kier alpha value is -1.30. The number of halogens is 1. The van der Waals surface area contributed by atoms with Gasteiger partial charge in [-0.05, 0) is 6.07 Å². The van der Waals surface area contributed by atoms with E-state index in [9.17, 15) is 9.50 Å². The molecule has 0 saturated carbocycles. The third-order valence-electron chi connectivity index (χ3n) is 2.39. The number of aliphatic hydroxyl groups excluding tert-OH is 1. The molecule has 0 radical (unpaired) electrons. The predicted molar refractivity (Wildman–Crippen MR) is 65.2 cm³/mol. The Kier molecular flexibility index (Phi) is 4.19. The zero-order chi connectivity index (χ0) is 12.1. The van der Waals surface area contributed by atoms with Crippen LogP contribution < -0.4 is 5.32 Å². The van der Waals surface area contributed by atoms with E-state index in [-0.39, 0.29) is 5.82 Å². The molecule has 1 unspecified atom stereocenters. The van der Waals surface area contributed by atoms with Crippen molar-refractivity contribution in [2.75, 3.05) is 6.54 Å². The van der Waals surface area contributed by atoms with Crippen LogP contribution in [0.3, 0.4) is 0 Å². The first kappa shape index (κ1) is 12.2. The van der Waals surface area contributed by atoms with Gasteiger partial charge in [0.15, 0.2) is 0 Å². The normalized spacial score (nSPS) is 12.6. The van der Waals surface area contributed by atoms with Crippen LogP contribution in [0.25, 0.3) is 0 Å². The van der Waals surface area contributed by atoms with Gasteiger partial charge in [0.1, 0.15) is 5.82 Å². The highest BCUT2D eigenvalue weighted by Crippen LogP contribution is 2.15. The summed E-state index contributed by atoms with van der Waals surface area (Å²) in [6, 6.07) is 6.25. The molecule has 0 spiro atoms. The third kappa shape index (κ3) is 3.33. The number of aliphatic hydroxyl groups is 1. The molecule has 90 valence electrons. The second-order valence-corrected chi connectivity index (χ2v) is 4.37. The van der Waals surface area contributed by atoms with Crippen LogP contribution in [0.2, 0.25) is 0 Å². The minimum Gasteiger partial charge on any atom is -0.387 e. The van der Waals surface area contributed by atoms with Gasteiger partial charge in [-0.25, -0.2) is 9.37 Å². The number of nitrogens with one attached hydrogen (secondary N) is 1. The lowest BCUT2D eigenvalue weighted by molar-refractivity contribution is 0.169. The van der Waals surface area contributed by atoms with Crippen molar-refractivity contribution < 1.29 is 9.50 Å². The number of benzene rings is 1.